The van der Waals surface area contributed by atoms with Gasteiger partial charge in [-0.2, -0.15) is 0 Å². The molecule has 2 heterocycles. The minimum Gasteiger partial charge on any atom is -0.406 e. The first-order valence-corrected chi connectivity index (χ1v) is 13.2. The van der Waals surface area contributed by atoms with Gasteiger partial charge in [0, 0.05) is 30.0 Å². The van der Waals surface area contributed by atoms with Crippen LogP contribution >= 0.6 is 23.2 Å². The normalized spacial score (nSPS) is 22.3. The van der Waals surface area contributed by atoms with Gasteiger partial charge in [0.15, 0.2) is 5.65 Å². The Morgan fingerprint density at radius 2 is 1.84 bits per heavy atom. The highest BCUT2D eigenvalue weighted by atomic mass is 35.5. The summed E-state index contributed by atoms with van der Waals surface area (Å²) in [5, 5.41) is 2.96. The maximum absolute atomic E-state index is 12.7. The van der Waals surface area contributed by atoms with Gasteiger partial charge in [-0.1, -0.05) is 49.4 Å². The zero-order valence-corrected chi connectivity index (χ0v) is 22.1. The number of anilines is 2. The van der Waals surface area contributed by atoms with Crippen molar-refractivity contribution in [1.29, 1.82) is 0 Å². The Morgan fingerprint density at radius 1 is 1.18 bits per heavy atom. The van der Waals surface area contributed by atoms with Crippen molar-refractivity contribution in [3.05, 3.63) is 34.2 Å². The lowest BCUT2D eigenvalue weighted by Gasteiger charge is -2.35. The molecule has 3 N–H and O–H groups in total. The van der Waals surface area contributed by atoms with E-state index in [1.54, 1.807) is 6.20 Å². The minimum absolute atomic E-state index is 0.0632. The van der Waals surface area contributed by atoms with E-state index in [0.29, 0.717) is 48.7 Å². The van der Waals surface area contributed by atoms with E-state index in [4.69, 9.17) is 33.9 Å². The summed E-state index contributed by atoms with van der Waals surface area (Å²) in [7, 11) is 0. The second kappa shape index (κ2) is 10.1. The van der Waals surface area contributed by atoms with E-state index in [0.717, 1.165) is 37.2 Å². The Labute approximate surface area is 227 Å². The van der Waals surface area contributed by atoms with Crippen LogP contribution in [0.3, 0.4) is 0 Å². The van der Waals surface area contributed by atoms with Crippen LogP contribution in [0, 0.1) is 11.3 Å². The molecule has 2 saturated carbocycles. The van der Waals surface area contributed by atoms with E-state index in [-0.39, 0.29) is 27.7 Å². The summed E-state index contributed by atoms with van der Waals surface area (Å²) in [6, 6.07) is 2.00. The number of fused-ring (bicyclic) bond motifs is 1. The fourth-order valence-corrected chi connectivity index (χ4v) is 5.69. The number of carbonyl (C=O) groups is 1. The highest BCUT2D eigenvalue weighted by Gasteiger charge is 2.38. The standard InChI is InChI=1S/C25H27Cl2F3N6O2/c1-24(22(31)37)7-5-14(6-8-24)36-21-18(12-32-19(34-21)9-13-3-2-4-13)33-23(36)35-20-16(26)10-15(11-17(20)27)38-25(28,29)30/h10-14H,2-9H2,1H3,(H2,31,37)(H,33,35). The van der Waals surface area contributed by atoms with Crippen LogP contribution < -0.4 is 15.8 Å². The predicted molar refractivity (Wildman–Crippen MR) is 138 cm³/mol. The average Bonchev–Trinajstić information content (AvgIpc) is 3.15. The molecule has 1 amide bonds. The van der Waals surface area contributed by atoms with E-state index >= 15 is 0 Å². The average molecular weight is 571 g/mol. The predicted octanol–water partition coefficient (Wildman–Crippen LogP) is 6.72. The molecular formula is C25H27Cl2F3N6O2. The van der Waals surface area contributed by atoms with Crippen molar-refractivity contribution in [3.63, 3.8) is 0 Å². The fourth-order valence-electron chi connectivity index (χ4n) is 5.13. The van der Waals surface area contributed by atoms with Crippen molar-refractivity contribution < 1.29 is 22.7 Å². The molecule has 1 aromatic carbocycles. The molecule has 13 heteroatoms. The number of hydrogen-bond donors (Lipinski definition) is 2. The quantitative estimate of drug-likeness (QED) is 0.326. The minimum atomic E-state index is -4.88. The molecule has 0 atom stereocenters. The molecule has 2 fully saturated rings. The highest BCUT2D eigenvalue weighted by Crippen LogP contribution is 2.44. The molecule has 2 aromatic heterocycles. The maximum Gasteiger partial charge on any atom is 0.573 e. The molecule has 204 valence electrons. The number of primary amides is 1. The molecule has 3 aromatic rings. The van der Waals surface area contributed by atoms with Crippen LogP contribution in [0.15, 0.2) is 18.3 Å². The van der Waals surface area contributed by atoms with E-state index in [1.807, 2.05) is 11.5 Å². The summed E-state index contributed by atoms with van der Waals surface area (Å²) in [6.07, 6.45) is 3.61. The second-order valence-corrected chi connectivity index (χ2v) is 11.2. The molecule has 2 aliphatic carbocycles. The summed E-state index contributed by atoms with van der Waals surface area (Å²) in [5.41, 5.74) is 6.43. The first-order chi connectivity index (χ1) is 17.9. The lowest BCUT2D eigenvalue weighted by Crippen LogP contribution is -2.38. The van der Waals surface area contributed by atoms with Crippen LogP contribution in [0.4, 0.5) is 24.8 Å². The number of benzene rings is 1. The van der Waals surface area contributed by atoms with Crippen molar-refractivity contribution in [2.24, 2.45) is 17.1 Å². The van der Waals surface area contributed by atoms with Gasteiger partial charge in [0.1, 0.15) is 17.1 Å². The van der Waals surface area contributed by atoms with Crippen LogP contribution in [0.5, 0.6) is 5.75 Å². The summed E-state index contributed by atoms with van der Waals surface area (Å²) in [5.74, 6) is 0.821. The van der Waals surface area contributed by atoms with Gasteiger partial charge < -0.3 is 15.8 Å². The topological polar surface area (TPSA) is 108 Å². The van der Waals surface area contributed by atoms with Crippen molar-refractivity contribution in [1.82, 2.24) is 19.5 Å². The number of hydrogen-bond acceptors (Lipinski definition) is 6. The molecule has 0 saturated heterocycles. The van der Waals surface area contributed by atoms with Crippen molar-refractivity contribution in [2.45, 2.75) is 70.7 Å². The zero-order chi connectivity index (χ0) is 27.2. The van der Waals surface area contributed by atoms with E-state index in [2.05, 4.69) is 20.0 Å². The monoisotopic (exact) mass is 570 g/mol. The number of imidazole rings is 1. The van der Waals surface area contributed by atoms with Gasteiger partial charge in [0.05, 0.1) is 21.9 Å². The van der Waals surface area contributed by atoms with Gasteiger partial charge in [-0.15, -0.1) is 13.2 Å². The van der Waals surface area contributed by atoms with Gasteiger partial charge in [0.2, 0.25) is 11.9 Å². The molecule has 5 rings (SSSR count). The third-order valence-electron chi connectivity index (χ3n) is 7.68. The van der Waals surface area contributed by atoms with E-state index in [9.17, 15) is 18.0 Å². The van der Waals surface area contributed by atoms with E-state index in [1.165, 1.54) is 6.42 Å². The lowest BCUT2D eigenvalue weighted by molar-refractivity contribution is -0.274. The molecule has 0 aliphatic heterocycles. The molecule has 8 nitrogen and oxygen atoms in total. The molecule has 0 bridgehead atoms. The van der Waals surface area contributed by atoms with Gasteiger partial charge in [0.25, 0.3) is 0 Å². The molecule has 0 unspecified atom stereocenters. The molecular weight excluding hydrogens is 544 g/mol. The number of nitrogens with one attached hydrogen (secondary N) is 1. The summed E-state index contributed by atoms with van der Waals surface area (Å²) in [6.45, 7) is 1.87. The third-order valence-corrected chi connectivity index (χ3v) is 8.28. The summed E-state index contributed by atoms with van der Waals surface area (Å²) < 4.78 is 44.0. The van der Waals surface area contributed by atoms with Crippen molar-refractivity contribution in [3.8, 4) is 5.75 Å². The van der Waals surface area contributed by atoms with Crippen molar-refractivity contribution >= 4 is 51.9 Å². The number of rotatable bonds is 7. The highest BCUT2D eigenvalue weighted by molar-refractivity contribution is 6.39. The number of amides is 1. The fraction of sp³-hybridized carbons (Fsp3) is 0.520. The maximum atomic E-state index is 12.7. The SMILES string of the molecule is CC1(C(N)=O)CCC(n2c(Nc3c(Cl)cc(OC(F)(F)F)cc3Cl)nc3cnc(CC4CCC4)nc32)CC1. The van der Waals surface area contributed by atoms with Crippen molar-refractivity contribution in [2.75, 3.05) is 5.32 Å². The Kier molecular flexibility index (Phi) is 7.10. The van der Waals surface area contributed by atoms with Gasteiger partial charge in [-0.05, 0) is 31.6 Å². The van der Waals surface area contributed by atoms with Gasteiger partial charge in [-0.25, -0.2) is 15.0 Å². The smallest absolute Gasteiger partial charge is 0.406 e. The number of alkyl halides is 3. The summed E-state index contributed by atoms with van der Waals surface area (Å²) in [4.78, 5) is 26.1. The number of nitrogens with two attached hydrogens (primary N) is 1. The zero-order valence-electron chi connectivity index (χ0n) is 20.6. The van der Waals surface area contributed by atoms with Crippen LogP contribution in [0.2, 0.25) is 10.0 Å². The third kappa shape index (κ3) is 5.49. The van der Waals surface area contributed by atoms with Crippen LogP contribution in [-0.4, -0.2) is 31.8 Å². The van der Waals surface area contributed by atoms with Crippen LogP contribution in [0.25, 0.3) is 11.2 Å². The Morgan fingerprint density at radius 3 is 2.39 bits per heavy atom. The molecule has 38 heavy (non-hydrogen) atoms. The Bertz CT molecular complexity index is 1340. The number of ether oxygens (including phenoxy) is 1. The first-order valence-electron chi connectivity index (χ1n) is 12.5. The second-order valence-electron chi connectivity index (χ2n) is 10.4. The first kappa shape index (κ1) is 26.8. The number of nitrogens with zero attached hydrogens (tertiary/aromatic N) is 4. The largest absolute Gasteiger partial charge is 0.573 e. The Hall–Kier alpha value is -2.79. The van der Waals surface area contributed by atoms with Crippen LogP contribution in [0.1, 0.15) is 63.7 Å². The van der Waals surface area contributed by atoms with Crippen LogP contribution in [-0.2, 0) is 11.2 Å². The Balaban J connectivity index is 1.52. The number of aromatic nitrogens is 4. The van der Waals surface area contributed by atoms with E-state index < -0.39 is 17.5 Å². The lowest BCUT2D eigenvalue weighted by atomic mass is 9.73. The number of carbonyl (C=O) groups excluding carboxylic acids is 1. The molecule has 2 aliphatic rings. The molecule has 0 radical (unpaired) electrons. The summed E-state index contributed by atoms with van der Waals surface area (Å²) >= 11 is 12.6. The van der Waals surface area contributed by atoms with Gasteiger partial charge >= 0.3 is 6.36 Å². The number of halogens is 5. The molecule has 0 spiro atoms. The van der Waals surface area contributed by atoms with Gasteiger partial charge in [-0.3, -0.25) is 9.36 Å².